The van der Waals surface area contributed by atoms with Gasteiger partial charge in [0.25, 0.3) is 0 Å². The molecule has 0 spiro atoms. The molecule has 0 aliphatic heterocycles. The molecule has 0 radical (unpaired) electrons. The van der Waals surface area contributed by atoms with Crippen LogP contribution in [-0.2, 0) is 4.79 Å². The van der Waals surface area contributed by atoms with Gasteiger partial charge in [-0.1, -0.05) is 12.1 Å². The molecule has 34 heavy (non-hydrogen) atoms. The highest BCUT2D eigenvalue weighted by molar-refractivity contribution is 5.93. The maximum Gasteiger partial charge on any atom is 0.490 e. The predicted octanol–water partition coefficient (Wildman–Crippen LogP) is 4.05. The fourth-order valence-electron chi connectivity index (χ4n) is 3.21. The van der Waals surface area contributed by atoms with Crippen molar-refractivity contribution in [2.24, 2.45) is 11.5 Å². The van der Waals surface area contributed by atoms with E-state index in [4.69, 9.17) is 26.1 Å². The molecule has 3 rings (SSSR count). The lowest BCUT2D eigenvalue weighted by molar-refractivity contribution is -0.192. The minimum Gasteiger partial charge on any atom is -0.489 e. The second-order valence-electron chi connectivity index (χ2n) is 7.34. The Kier molecular flexibility index (Phi) is 8.68. The molecule has 2 aromatic carbocycles. The highest BCUT2D eigenvalue weighted by atomic mass is 19.4. The first-order valence-corrected chi connectivity index (χ1v) is 9.70. The molecule has 0 fully saturated rings. The molecule has 5 N–H and O–H groups in total. The van der Waals surface area contributed by atoms with Crippen LogP contribution in [0.1, 0.15) is 34.7 Å². The number of hydrogen-bond donors (Lipinski definition) is 3. The number of hydrogen-bond acceptors (Lipinski definition) is 4. The van der Waals surface area contributed by atoms with E-state index in [0.717, 1.165) is 11.6 Å². The zero-order valence-electron chi connectivity index (χ0n) is 17.4. The minimum atomic E-state index is -5.08. The van der Waals surface area contributed by atoms with Crippen molar-refractivity contribution in [1.82, 2.24) is 0 Å². The summed E-state index contributed by atoms with van der Waals surface area (Å²) < 4.78 is 78.0. The predicted molar refractivity (Wildman–Crippen MR) is 108 cm³/mol. The van der Waals surface area contributed by atoms with Crippen molar-refractivity contribution in [3.63, 3.8) is 0 Å². The van der Waals surface area contributed by atoms with Gasteiger partial charge in [0.15, 0.2) is 11.6 Å². The Morgan fingerprint density at radius 3 is 2.24 bits per heavy atom. The van der Waals surface area contributed by atoms with Gasteiger partial charge in [0.2, 0.25) is 5.91 Å². The van der Waals surface area contributed by atoms with Crippen LogP contribution in [0.25, 0.3) is 0 Å². The Morgan fingerprint density at radius 1 is 1.06 bits per heavy atom. The molecule has 12 heteroatoms. The number of aliphatic carboxylic acids is 1. The van der Waals surface area contributed by atoms with Gasteiger partial charge in [-0.25, -0.2) is 18.0 Å². The monoisotopic (exact) mass is 490 g/mol. The average molecular weight is 490 g/mol. The summed E-state index contributed by atoms with van der Waals surface area (Å²) in [5.74, 6) is -6.36. The molecule has 0 unspecified atom stereocenters. The SMILES string of the molecule is NC(=O)c1cccc(OCC2=CC[C@H](c3cc(F)c(F)cc3F)[C@@H](N)C2)c1.O=C(O)C(F)(F)F. The number of carbonyl (C=O) groups excluding carboxylic acids is 1. The van der Waals surface area contributed by atoms with Crippen LogP contribution in [0.4, 0.5) is 26.3 Å². The van der Waals surface area contributed by atoms with E-state index in [0.29, 0.717) is 30.2 Å². The number of allylic oxidation sites excluding steroid dienone is 1. The van der Waals surface area contributed by atoms with Crippen LogP contribution in [-0.4, -0.2) is 35.8 Å². The van der Waals surface area contributed by atoms with Gasteiger partial charge in [0, 0.05) is 23.6 Å². The number of nitrogens with two attached hydrogens (primary N) is 2. The molecule has 2 atom stereocenters. The van der Waals surface area contributed by atoms with Crippen LogP contribution in [0.2, 0.25) is 0 Å². The third-order valence-electron chi connectivity index (χ3n) is 4.90. The molecule has 1 aliphatic rings. The molecule has 6 nitrogen and oxygen atoms in total. The molecule has 1 aliphatic carbocycles. The molecule has 0 aromatic heterocycles. The van der Waals surface area contributed by atoms with Gasteiger partial charge in [-0.15, -0.1) is 0 Å². The van der Waals surface area contributed by atoms with Crippen molar-refractivity contribution < 1.29 is 45.8 Å². The number of amides is 1. The summed E-state index contributed by atoms with van der Waals surface area (Å²) >= 11 is 0. The second kappa shape index (κ2) is 11.1. The Bertz CT molecular complexity index is 1090. The van der Waals surface area contributed by atoms with Crippen molar-refractivity contribution in [1.29, 1.82) is 0 Å². The number of benzene rings is 2. The van der Waals surface area contributed by atoms with E-state index < -0.39 is 47.5 Å². The largest absolute Gasteiger partial charge is 0.490 e. The molecule has 2 aromatic rings. The highest BCUT2D eigenvalue weighted by Crippen LogP contribution is 2.34. The molecular formula is C22H20F6N2O4. The third kappa shape index (κ3) is 7.24. The van der Waals surface area contributed by atoms with Crippen molar-refractivity contribution in [2.75, 3.05) is 6.61 Å². The lowest BCUT2D eigenvalue weighted by atomic mass is 9.81. The van der Waals surface area contributed by atoms with Crippen molar-refractivity contribution in [3.05, 3.63) is 76.6 Å². The summed E-state index contributed by atoms with van der Waals surface area (Å²) in [6.07, 6.45) is -2.39. The number of rotatable bonds is 5. The average Bonchev–Trinajstić information content (AvgIpc) is 2.75. The second-order valence-corrected chi connectivity index (χ2v) is 7.34. The highest BCUT2D eigenvalue weighted by Gasteiger charge is 2.38. The number of carbonyl (C=O) groups is 2. The third-order valence-corrected chi connectivity index (χ3v) is 4.90. The maximum atomic E-state index is 14.0. The number of carboxylic acid groups (broad SMARTS) is 1. The number of halogens is 6. The Morgan fingerprint density at radius 2 is 1.68 bits per heavy atom. The normalized spacial score (nSPS) is 17.8. The Labute approximate surface area is 189 Å². The van der Waals surface area contributed by atoms with Crippen LogP contribution in [0, 0.1) is 17.5 Å². The smallest absolute Gasteiger partial charge is 0.489 e. The summed E-state index contributed by atoms with van der Waals surface area (Å²) in [7, 11) is 0. The summed E-state index contributed by atoms with van der Waals surface area (Å²) in [6.45, 7) is 0.253. The van der Waals surface area contributed by atoms with Gasteiger partial charge in [0.05, 0.1) is 0 Å². The molecule has 0 saturated heterocycles. The molecule has 0 heterocycles. The number of alkyl halides is 3. The van der Waals surface area contributed by atoms with E-state index in [1.54, 1.807) is 24.3 Å². The van der Waals surface area contributed by atoms with E-state index in [1.165, 1.54) is 0 Å². The molecule has 1 amide bonds. The van der Waals surface area contributed by atoms with Crippen LogP contribution < -0.4 is 16.2 Å². The number of carboxylic acids is 1. The quantitative estimate of drug-likeness (QED) is 0.332. The number of primary amides is 1. The Balaban J connectivity index is 0.000000509. The zero-order valence-corrected chi connectivity index (χ0v) is 17.4. The summed E-state index contributed by atoms with van der Waals surface area (Å²) in [6, 6.07) is 7.47. The van der Waals surface area contributed by atoms with Crippen LogP contribution in [0.15, 0.2) is 48.0 Å². The zero-order chi connectivity index (χ0) is 25.6. The molecule has 0 bridgehead atoms. The summed E-state index contributed by atoms with van der Waals surface area (Å²) in [5, 5.41) is 7.12. The number of ether oxygens (including phenoxy) is 1. The van der Waals surface area contributed by atoms with E-state index in [2.05, 4.69) is 0 Å². The standard InChI is InChI=1S/C20H19F3N2O2.C2HF3O2/c21-16-9-18(23)17(22)8-15(16)14-5-4-11(6-19(14)24)10-27-13-3-1-2-12(7-13)20(25)26;3-2(4,5)1(6)7/h1-4,7-9,14,19H,5-6,10,24H2,(H2,25,26);(H,6,7)/t14-,19+;/m1./s1. The van der Waals surface area contributed by atoms with E-state index in [1.807, 2.05) is 6.08 Å². The fraction of sp³-hybridized carbons (Fsp3) is 0.273. The fourth-order valence-corrected chi connectivity index (χ4v) is 3.21. The van der Waals surface area contributed by atoms with Gasteiger partial charge in [-0.05, 0) is 48.2 Å². The lowest BCUT2D eigenvalue weighted by Gasteiger charge is -2.29. The van der Waals surface area contributed by atoms with Gasteiger partial charge >= 0.3 is 12.1 Å². The van der Waals surface area contributed by atoms with Crippen LogP contribution >= 0.6 is 0 Å². The van der Waals surface area contributed by atoms with Crippen LogP contribution in [0.5, 0.6) is 5.75 Å². The van der Waals surface area contributed by atoms with E-state index in [-0.39, 0.29) is 12.2 Å². The molecular weight excluding hydrogens is 470 g/mol. The summed E-state index contributed by atoms with van der Waals surface area (Å²) in [4.78, 5) is 20.1. The van der Waals surface area contributed by atoms with Gasteiger partial charge in [-0.3, -0.25) is 4.79 Å². The van der Waals surface area contributed by atoms with Crippen molar-refractivity contribution in [2.45, 2.75) is 31.0 Å². The van der Waals surface area contributed by atoms with E-state index in [9.17, 15) is 31.1 Å². The first kappa shape index (κ1) is 26.7. The first-order chi connectivity index (χ1) is 15.8. The molecule has 0 saturated carbocycles. The maximum absolute atomic E-state index is 14.0. The minimum absolute atomic E-state index is 0.0757. The van der Waals surface area contributed by atoms with Gasteiger partial charge < -0.3 is 21.3 Å². The topological polar surface area (TPSA) is 116 Å². The first-order valence-electron chi connectivity index (χ1n) is 9.70. The van der Waals surface area contributed by atoms with Gasteiger partial charge in [0.1, 0.15) is 18.2 Å². The van der Waals surface area contributed by atoms with Crippen molar-refractivity contribution in [3.8, 4) is 5.75 Å². The van der Waals surface area contributed by atoms with Gasteiger partial charge in [-0.2, -0.15) is 13.2 Å². The molecule has 184 valence electrons. The summed E-state index contributed by atoms with van der Waals surface area (Å²) in [5.41, 5.74) is 12.7. The Hall–Kier alpha value is -3.54. The van der Waals surface area contributed by atoms with E-state index >= 15 is 0 Å². The van der Waals surface area contributed by atoms with Crippen LogP contribution in [0.3, 0.4) is 0 Å². The lowest BCUT2D eigenvalue weighted by Crippen LogP contribution is -2.33. The van der Waals surface area contributed by atoms with Crippen molar-refractivity contribution >= 4 is 11.9 Å².